The highest BCUT2D eigenvalue weighted by Crippen LogP contribution is 2.39. The van der Waals surface area contributed by atoms with E-state index in [4.69, 9.17) is 18.7 Å². The van der Waals surface area contributed by atoms with Crippen molar-refractivity contribution in [1.82, 2.24) is 14.9 Å². The number of methoxy groups -OCH3 is 3. The SMILES string of the molecule is COc1cccc(OC)c1S(=O)(=O)Nc1noc2cc(CCn3cccn3)c(F)c(OC)c12. The molecule has 0 aliphatic rings. The minimum atomic E-state index is -4.26. The fourth-order valence-corrected chi connectivity index (χ4v) is 4.80. The van der Waals surface area contributed by atoms with Gasteiger partial charge in [-0.15, -0.1) is 0 Å². The summed E-state index contributed by atoms with van der Waals surface area (Å²) in [6.07, 6.45) is 3.70. The molecule has 0 bridgehead atoms. The molecular weight excluding hydrogens is 455 g/mol. The maximum Gasteiger partial charge on any atom is 0.270 e. The summed E-state index contributed by atoms with van der Waals surface area (Å²) in [4.78, 5) is -0.235. The van der Waals surface area contributed by atoms with Crippen LogP contribution in [-0.4, -0.2) is 44.7 Å². The van der Waals surface area contributed by atoms with Gasteiger partial charge in [-0.3, -0.25) is 9.40 Å². The molecule has 0 amide bonds. The second kappa shape index (κ2) is 8.98. The largest absolute Gasteiger partial charge is 0.495 e. The number of hydrogen-bond donors (Lipinski definition) is 1. The number of halogens is 1. The van der Waals surface area contributed by atoms with Crippen molar-refractivity contribution in [1.29, 1.82) is 0 Å². The zero-order valence-electron chi connectivity index (χ0n) is 18.0. The monoisotopic (exact) mass is 476 g/mol. The maximum absolute atomic E-state index is 15.2. The molecule has 1 N–H and O–H groups in total. The van der Waals surface area contributed by atoms with Crippen molar-refractivity contribution in [3.8, 4) is 17.2 Å². The Labute approximate surface area is 188 Å². The van der Waals surface area contributed by atoms with Crippen molar-refractivity contribution in [2.24, 2.45) is 0 Å². The van der Waals surface area contributed by atoms with Crippen LogP contribution in [0.25, 0.3) is 11.0 Å². The first kappa shape index (κ1) is 22.4. The summed E-state index contributed by atoms with van der Waals surface area (Å²) in [5.41, 5.74) is 0.472. The molecule has 0 radical (unpaired) electrons. The molecule has 0 saturated carbocycles. The number of ether oxygens (including phenoxy) is 3. The molecular formula is C21H21FN4O6S. The molecule has 2 aromatic heterocycles. The average molecular weight is 476 g/mol. The van der Waals surface area contributed by atoms with E-state index in [-0.39, 0.29) is 38.9 Å². The molecule has 10 nitrogen and oxygen atoms in total. The van der Waals surface area contributed by atoms with Gasteiger partial charge in [-0.1, -0.05) is 11.2 Å². The fourth-order valence-electron chi connectivity index (χ4n) is 3.47. The van der Waals surface area contributed by atoms with Crippen LogP contribution in [0, 0.1) is 5.82 Å². The van der Waals surface area contributed by atoms with Gasteiger partial charge in [0.25, 0.3) is 10.0 Å². The van der Waals surface area contributed by atoms with Gasteiger partial charge in [0.15, 0.2) is 27.9 Å². The lowest BCUT2D eigenvalue weighted by atomic mass is 10.1. The molecule has 0 fully saturated rings. The number of aryl methyl sites for hydroxylation is 2. The summed E-state index contributed by atoms with van der Waals surface area (Å²) in [6, 6.07) is 7.77. The molecule has 0 atom stereocenters. The van der Waals surface area contributed by atoms with Gasteiger partial charge in [0.2, 0.25) is 0 Å². The van der Waals surface area contributed by atoms with Crippen LogP contribution in [0.15, 0.2) is 52.1 Å². The molecule has 4 aromatic rings. The normalized spacial score (nSPS) is 11.5. The number of rotatable bonds is 9. The van der Waals surface area contributed by atoms with Crippen LogP contribution in [0.4, 0.5) is 10.2 Å². The molecule has 12 heteroatoms. The van der Waals surface area contributed by atoms with Gasteiger partial charge in [-0.25, -0.2) is 12.8 Å². The molecule has 2 heterocycles. The van der Waals surface area contributed by atoms with Crippen molar-refractivity contribution < 1.29 is 31.5 Å². The Balaban J connectivity index is 1.75. The van der Waals surface area contributed by atoms with Crippen LogP contribution in [0.5, 0.6) is 17.2 Å². The Kier molecular flexibility index (Phi) is 6.09. The molecule has 0 saturated heterocycles. The van der Waals surface area contributed by atoms with Gasteiger partial charge in [0.05, 0.1) is 21.3 Å². The molecule has 174 valence electrons. The Bertz CT molecular complexity index is 1360. The minimum Gasteiger partial charge on any atom is -0.495 e. The highest BCUT2D eigenvalue weighted by Gasteiger charge is 2.29. The maximum atomic E-state index is 15.2. The topological polar surface area (TPSA) is 118 Å². The van der Waals surface area contributed by atoms with Gasteiger partial charge in [-0.05, 0) is 36.2 Å². The van der Waals surface area contributed by atoms with Crippen LogP contribution in [0.2, 0.25) is 0 Å². The summed E-state index contributed by atoms with van der Waals surface area (Å²) >= 11 is 0. The molecule has 2 aromatic carbocycles. The van der Waals surface area contributed by atoms with Gasteiger partial charge < -0.3 is 18.7 Å². The van der Waals surface area contributed by atoms with Crippen LogP contribution in [-0.2, 0) is 23.0 Å². The Morgan fingerprint density at radius 1 is 1.12 bits per heavy atom. The number of hydrogen-bond acceptors (Lipinski definition) is 8. The highest BCUT2D eigenvalue weighted by atomic mass is 32.2. The summed E-state index contributed by atoms with van der Waals surface area (Å²) in [5.74, 6) is -0.931. The number of aromatic nitrogens is 3. The number of fused-ring (bicyclic) bond motifs is 1. The Morgan fingerprint density at radius 3 is 2.45 bits per heavy atom. The Hall–Kier alpha value is -3.80. The smallest absolute Gasteiger partial charge is 0.270 e. The van der Waals surface area contributed by atoms with Gasteiger partial charge in [0, 0.05) is 18.9 Å². The summed E-state index contributed by atoms with van der Waals surface area (Å²) in [7, 11) is -0.307. The first-order valence-electron chi connectivity index (χ1n) is 9.75. The van der Waals surface area contributed by atoms with Crippen molar-refractivity contribution >= 4 is 26.8 Å². The molecule has 0 unspecified atom stereocenters. The predicted molar refractivity (Wildman–Crippen MR) is 117 cm³/mol. The van der Waals surface area contributed by atoms with E-state index >= 15 is 4.39 Å². The van der Waals surface area contributed by atoms with E-state index in [0.717, 1.165) is 0 Å². The number of nitrogens with one attached hydrogen (secondary N) is 1. The van der Waals surface area contributed by atoms with Gasteiger partial charge >= 0.3 is 0 Å². The standard InChI is InChI=1S/C21H21FN4O6S/c1-29-14-6-4-7-15(30-2)20(14)33(27,28)25-21-17-16(32-24-21)12-13(18(22)19(17)31-3)8-11-26-10-5-9-23-26/h4-7,9-10,12H,8,11H2,1-3H3,(H,24,25). The summed E-state index contributed by atoms with van der Waals surface area (Å²) in [6.45, 7) is 0.430. The van der Waals surface area contributed by atoms with Crippen LogP contribution in [0.3, 0.4) is 0 Å². The predicted octanol–water partition coefficient (Wildman–Crippen LogP) is 3.23. The third-order valence-electron chi connectivity index (χ3n) is 4.99. The lowest BCUT2D eigenvalue weighted by Crippen LogP contribution is -2.16. The van der Waals surface area contributed by atoms with E-state index < -0.39 is 15.8 Å². The average Bonchev–Trinajstić information content (AvgIpc) is 3.47. The highest BCUT2D eigenvalue weighted by molar-refractivity contribution is 7.93. The van der Waals surface area contributed by atoms with E-state index in [9.17, 15) is 8.42 Å². The van der Waals surface area contributed by atoms with E-state index in [1.807, 2.05) is 0 Å². The lowest BCUT2D eigenvalue weighted by molar-refractivity contribution is 0.373. The first-order valence-corrected chi connectivity index (χ1v) is 11.2. The van der Waals surface area contributed by atoms with E-state index in [1.165, 1.54) is 39.5 Å². The van der Waals surface area contributed by atoms with Gasteiger partial charge in [0.1, 0.15) is 16.9 Å². The summed E-state index contributed by atoms with van der Waals surface area (Å²) < 4.78 is 66.6. The van der Waals surface area contributed by atoms with E-state index in [0.29, 0.717) is 18.5 Å². The van der Waals surface area contributed by atoms with Crippen molar-refractivity contribution in [2.45, 2.75) is 17.9 Å². The Morgan fingerprint density at radius 2 is 1.85 bits per heavy atom. The molecule has 0 aliphatic heterocycles. The second-order valence-electron chi connectivity index (χ2n) is 6.90. The number of nitrogens with zero attached hydrogens (tertiary/aromatic N) is 3. The number of sulfonamides is 1. The fraction of sp³-hybridized carbons (Fsp3) is 0.238. The zero-order chi connectivity index (χ0) is 23.6. The van der Waals surface area contributed by atoms with Crippen molar-refractivity contribution in [3.05, 3.63) is 54.1 Å². The molecule has 33 heavy (non-hydrogen) atoms. The molecule has 0 aliphatic carbocycles. The number of benzene rings is 2. The first-order chi connectivity index (χ1) is 15.9. The van der Waals surface area contributed by atoms with Crippen LogP contribution < -0.4 is 18.9 Å². The minimum absolute atomic E-state index is 0.0512. The summed E-state index contributed by atoms with van der Waals surface area (Å²) in [5, 5.41) is 7.96. The van der Waals surface area contributed by atoms with Crippen LogP contribution >= 0.6 is 0 Å². The quantitative estimate of drug-likeness (QED) is 0.391. The van der Waals surface area contributed by atoms with E-state index in [2.05, 4.69) is 15.0 Å². The van der Waals surface area contributed by atoms with Crippen molar-refractivity contribution in [2.75, 3.05) is 26.1 Å². The van der Waals surface area contributed by atoms with Gasteiger partial charge in [-0.2, -0.15) is 5.10 Å². The van der Waals surface area contributed by atoms with Crippen LogP contribution in [0.1, 0.15) is 5.56 Å². The van der Waals surface area contributed by atoms with E-state index in [1.54, 1.807) is 29.2 Å². The second-order valence-corrected chi connectivity index (χ2v) is 8.52. The zero-order valence-corrected chi connectivity index (χ0v) is 18.8. The third kappa shape index (κ3) is 4.16. The molecule has 0 spiro atoms. The third-order valence-corrected chi connectivity index (χ3v) is 6.39. The van der Waals surface area contributed by atoms with Crippen molar-refractivity contribution in [3.63, 3.8) is 0 Å². The lowest BCUT2D eigenvalue weighted by Gasteiger charge is -2.14. The molecule has 4 rings (SSSR count). The number of anilines is 1.